The fourth-order valence-electron chi connectivity index (χ4n) is 3.73. The van der Waals surface area contributed by atoms with E-state index in [1.165, 1.54) is 5.32 Å². The molecule has 0 saturated heterocycles. The average Bonchev–Trinajstić information content (AvgIpc) is 3.07. The third-order valence-electron chi connectivity index (χ3n) is 5.29. The maximum Gasteiger partial charge on any atom is 0.417 e. The Kier molecular flexibility index (Phi) is 7.27. The van der Waals surface area contributed by atoms with Crippen LogP contribution < -0.4 is 10.6 Å². The molecule has 35 heavy (non-hydrogen) atoms. The van der Waals surface area contributed by atoms with E-state index >= 15 is 0 Å². The molecule has 7 nitrogen and oxygen atoms in total. The Bertz CT molecular complexity index is 1070. The second-order valence-corrected chi connectivity index (χ2v) is 7.65. The standard InChI is InChI=1S/C22H18F6N2O5/c23-21(24,25)16(9-17(31)32)29-19(33)18(22(26,27)28)30-20(34)35-10-15-13-7-3-1-5-11(13)12-6-2-4-8-14(12)15/h1-8,15-16,18H,9-10H2,(H,29,33)(H,30,34)(H,31,32). The van der Waals surface area contributed by atoms with E-state index in [2.05, 4.69) is 0 Å². The molecule has 2 aromatic rings. The van der Waals surface area contributed by atoms with E-state index in [9.17, 15) is 40.7 Å². The molecule has 0 radical (unpaired) electrons. The Morgan fingerprint density at radius 3 is 1.83 bits per heavy atom. The number of amides is 2. The van der Waals surface area contributed by atoms with Gasteiger partial charge >= 0.3 is 24.4 Å². The van der Waals surface area contributed by atoms with Gasteiger partial charge in [0.15, 0.2) is 0 Å². The summed E-state index contributed by atoms with van der Waals surface area (Å²) in [6.07, 6.45) is -14.2. The Morgan fingerprint density at radius 1 is 0.857 bits per heavy atom. The van der Waals surface area contributed by atoms with Gasteiger partial charge in [-0.1, -0.05) is 48.5 Å². The first kappa shape index (κ1) is 25.8. The maximum absolute atomic E-state index is 13.3. The molecule has 3 N–H and O–H groups in total. The van der Waals surface area contributed by atoms with Crippen LogP contribution >= 0.6 is 0 Å². The smallest absolute Gasteiger partial charge is 0.417 e. The van der Waals surface area contributed by atoms with Gasteiger partial charge < -0.3 is 20.5 Å². The molecule has 1 aliphatic rings. The molecule has 0 bridgehead atoms. The molecular weight excluding hydrogens is 486 g/mol. The maximum atomic E-state index is 13.3. The van der Waals surface area contributed by atoms with Crippen LogP contribution in [0.25, 0.3) is 11.1 Å². The SMILES string of the molecule is O=C(O)CC(NC(=O)C(NC(=O)OCC1c2ccccc2-c2ccccc21)C(F)(F)F)C(F)(F)F. The molecule has 188 valence electrons. The number of nitrogens with one attached hydrogen (secondary N) is 2. The number of hydrogen-bond acceptors (Lipinski definition) is 4. The van der Waals surface area contributed by atoms with E-state index in [0.717, 1.165) is 27.6 Å². The lowest BCUT2D eigenvalue weighted by molar-refractivity contribution is -0.181. The monoisotopic (exact) mass is 504 g/mol. The first-order chi connectivity index (χ1) is 16.3. The molecule has 2 aromatic carbocycles. The number of carboxylic acids is 1. The average molecular weight is 504 g/mol. The lowest BCUT2D eigenvalue weighted by Gasteiger charge is -2.25. The third-order valence-corrected chi connectivity index (χ3v) is 5.29. The highest BCUT2D eigenvalue weighted by molar-refractivity contribution is 5.87. The molecule has 1 aliphatic carbocycles. The summed E-state index contributed by atoms with van der Waals surface area (Å²) in [6, 6.07) is 7.71. The van der Waals surface area contributed by atoms with Crippen molar-refractivity contribution < 1.29 is 50.6 Å². The van der Waals surface area contributed by atoms with Gasteiger partial charge in [-0.3, -0.25) is 9.59 Å². The Morgan fingerprint density at radius 2 is 1.37 bits per heavy atom. The van der Waals surface area contributed by atoms with Gasteiger partial charge in [0.05, 0.1) is 6.42 Å². The predicted molar refractivity (Wildman–Crippen MR) is 108 cm³/mol. The molecule has 0 aliphatic heterocycles. The molecule has 13 heteroatoms. The minimum Gasteiger partial charge on any atom is -0.481 e. The van der Waals surface area contributed by atoms with Crippen molar-refractivity contribution in [3.8, 4) is 11.1 Å². The summed E-state index contributed by atoms with van der Waals surface area (Å²) in [5, 5.41) is 10.8. The minimum atomic E-state index is -5.49. The number of alkyl carbamates (subject to hydrolysis) is 1. The summed E-state index contributed by atoms with van der Waals surface area (Å²) in [5.74, 6) is -4.80. The first-order valence-corrected chi connectivity index (χ1v) is 10.1. The van der Waals surface area contributed by atoms with Crippen molar-refractivity contribution in [1.82, 2.24) is 10.6 Å². The molecule has 3 rings (SSSR count). The van der Waals surface area contributed by atoms with Crippen LogP contribution in [0.4, 0.5) is 31.1 Å². The van der Waals surface area contributed by atoms with Crippen LogP contribution in [0.15, 0.2) is 48.5 Å². The summed E-state index contributed by atoms with van der Waals surface area (Å²) in [7, 11) is 0. The van der Waals surface area contributed by atoms with Crippen molar-refractivity contribution in [3.05, 3.63) is 59.7 Å². The molecule has 0 spiro atoms. The number of carboxylic acid groups (broad SMARTS) is 1. The number of alkyl halides is 6. The lowest BCUT2D eigenvalue weighted by Crippen LogP contribution is -2.59. The quantitative estimate of drug-likeness (QED) is 0.495. The van der Waals surface area contributed by atoms with E-state index in [-0.39, 0.29) is 0 Å². The Balaban J connectivity index is 1.71. The van der Waals surface area contributed by atoms with Gasteiger partial charge in [-0.15, -0.1) is 0 Å². The van der Waals surface area contributed by atoms with Crippen LogP contribution in [0.3, 0.4) is 0 Å². The summed E-state index contributed by atoms with van der Waals surface area (Å²) in [5.41, 5.74) is 3.21. The van der Waals surface area contributed by atoms with Crippen molar-refractivity contribution in [1.29, 1.82) is 0 Å². The summed E-state index contributed by atoms with van der Waals surface area (Å²) in [4.78, 5) is 34.7. The molecule has 0 fully saturated rings. The highest BCUT2D eigenvalue weighted by Crippen LogP contribution is 2.44. The van der Waals surface area contributed by atoms with Crippen molar-refractivity contribution in [3.63, 3.8) is 0 Å². The second-order valence-electron chi connectivity index (χ2n) is 7.65. The van der Waals surface area contributed by atoms with Gasteiger partial charge in [0.2, 0.25) is 6.04 Å². The Labute approximate surface area is 194 Å². The lowest BCUT2D eigenvalue weighted by atomic mass is 9.98. The highest BCUT2D eigenvalue weighted by Gasteiger charge is 2.50. The summed E-state index contributed by atoms with van der Waals surface area (Å²) >= 11 is 0. The number of aliphatic carboxylic acids is 1. The fraction of sp³-hybridized carbons (Fsp3) is 0.318. The highest BCUT2D eigenvalue weighted by atomic mass is 19.4. The number of hydrogen-bond donors (Lipinski definition) is 3. The van der Waals surface area contributed by atoms with E-state index < -0.39 is 61.4 Å². The van der Waals surface area contributed by atoms with Gasteiger partial charge in [-0.25, -0.2) is 4.79 Å². The minimum absolute atomic E-state index is 0.407. The van der Waals surface area contributed by atoms with Crippen molar-refractivity contribution in [2.45, 2.75) is 36.8 Å². The number of carbonyl (C=O) groups is 3. The molecule has 0 saturated carbocycles. The van der Waals surface area contributed by atoms with Crippen LogP contribution in [-0.4, -0.2) is 54.1 Å². The van der Waals surface area contributed by atoms with Crippen LogP contribution in [0.1, 0.15) is 23.5 Å². The third kappa shape index (κ3) is 6.03. The van der Waals surface area contributed by atoms with E-state index in [1.807, 2.05) is 12.1 Å². The summed E-state index contributed by atoms with van der Waals surface area (Å²) < 4.78 is 83.7. The zero-order valence-corrected chi connectivity index (χ0v) is 17.6. The predicted octanol–water partition coefficient (Wildman–Crippen LogP) is 3.98. The molecule has 2 atom stereocenters. The number of rotatable bonds is 7. The van der Waals surface area contributed by atoms with E-state index in [4.69, 9.17) is 9.84 Å². The second kappa shape index (κ2) is 9.84. The molecule has 0 heterocycles. The van der Waals surface area contributed by atoms with Gasteiger partial charge in [0.25, 0.3) is 5.91 Å². The molecule has 2 amide bonds. The van der Waals surface area contributed by atoms with Gasteiger partial charge in [0.1, 0.15) is 12.6 Å². The van der Waals surface area contributed by atoms with Crippen LogP contribution in [-0.2, 0) is 14.3 Å². The fourth-order valence-corrected chi connectivity index (χ4v) is 3.73. The number of ether oxygens (including phenoxy) is 1. The van der Waals surface area contributed by atoms with Crippen LogP contribution in [0.2, 0.25) is 0 Å². The Hall–Kier alpha value is -3.77. The number of carbonyl (C=O) groups excluding carboxylic acids is 2. The van der Waals surface area contributed by atoms with Crippen molar-refractivity contribution >= 4 is 18.0 Å². The van der Waals surface area contributed by atoms with Gasteiger partial charge in [-0.2, -0.15) is 26.3 Å². The number of fused-ring (bicyclic) bond motifs is 3. The largest absolute Gasteiger partial charge is 0.481 e. The van der Waals surface area contributed by atoms with Crippen molar-refractivity contribution in [2.24, 2.45) is 0 Å². The first-order valence-electron chi connectivity index (χ1n) is 10.1. The van der Waals surface area contributed by atoms with Gasteiger partial charge in [0, 0.05) is 5.92 Å². The van der Waals surface area contributed by atoms with Crippen LogP contribution in [0, 0.1) is 0 Å². The molecule has 0 aromatic heterocycles. The number of benzene rings is 2. The summed E-state index contributed by atoms with van der Waals surface area (Å²) in [6.45, 7) is -0.407. The van der Waals surface area contributed by atoms with Crippen LogP contribution in [0.5, 0.6) is 0 Å². The van der Waals surface area contributed by atoms with Gasteiger partial charge in [-0.05, 0) is 22.3 Å². The van der Waals surface area contributed by atoms with E-state index in [0.29, 0.717) is 0 Å². The molecular formula is C22H18F6N2O5. The van der Waals surface area contributed by atoms with Crippen molar-refractivity contribution in [2.75, 3.05) is 6.61 Å². The normalized spacial score (nSPS) is 14.9. The number of halogens is 6. The molecule has 2 unspecified atom stereocenters. The zero-order valence-electron chi connectivity index (χ0n) is 17.6. The zero-order chi connectivity index (χ0) is 26.0. The topological polar surface area (TPSA) is 105 Å². The van der Waals surface area contributed by atoms with E-state index in [1.54, 1.807) is 36.4 Å².